The lowest BCUT2D eigenvalue weighted by Crippen LogP contribution is -2.28. The molecule has 0 aliphatic carbocycles. The smallest absolute Gasteiger partial charge is 0.251 e. The predicted molar refractivity (Wildman–Crippen MR) is 96.4 cm³/mol. The Labute approximate surface area is 151 Å². The van der Waals surface area contributed by atoms with Crippen molar-refractivity contribution in [2.75, 3.05) is 20.3 Å². The molecule has 1 heterocycles. The van der Waals surface area contributed by atoms with Crippen molar-refractivity contribution in [1.29, 1.82) is 0 Å². The maximum absolute atomic E-state index is 12.2. The average molecular weight is 352 g/mol. The molecule has 0 atom stereocenters. The van der Waals surface area contributed by atoms with Crippen LogP contribution in [0, 0.1) is 0 Å². The molecule has 3 rings (SSSR count). The number of aromatic nitrogens is 3. The summed E-state index contributed by atoms with van der Waals surface area (Å²) < 4.78 is 12.5. The van der Waals surface area contributed by atoms with Crippen molar-refractivity contribution in [1.82, 2.24) is 20.1 Å². The number of carbonyl (C=O) groups is 1. The third-order valence-corrected chi connectivity index (χ3v) is 3.72. The van der Waals surface area contributed by atoms with E-state index in [9.17, 15) is 4.79 Å². The molecule has 2 aromatic carbocycles. The highest BCUT2D eigenvalue weighted by atomic mass is 16.5. The Morgan fingerprint density at radius 3 is 2.69 bits per heavy atom. The number of hydrogen-bond acceptors (Lipinski definition) is 5. The van der Waals surface area contributed by atoms with E-state index in [-0.39, 0.29) is 5.91 Å². The largest absolute Gasteiger partial charge is 0.497 e. The average Bonchev–Trinajstić information content (AvgIpc) is 3.19. The highest BCUT2D eigenvalue weighted by Crippen LogP contribution is 2.18. The van der Waals surface area contributed by atoms with E-state index < -0.39 is 0 Å². The minimum atomic E-state index is -0.133. The van der Waals surface area contributed by atoms with Crippen molar-refractivity contribution in [2.45, 2.75) is 6.54 Å². The second-order valence-corrected chi connectivity index (χ2v) is 5.57. The van der Waals surface area contributed by atoms with E-state index in [1.165, 1.54) is 6.33 Å². The molecule has 1 aromatic heterocycles. The van der Waals surface area contributed by atoms with Gasteiger partial charge in [0.1, 0.15) is 30.8 Å². The molecule has 26 heavy (non-hydrogen) atoms. The molecule has 7 heteroatoms. The van der Waals surface area contributed by atoms with E-state index in [0.717, 1.165) is 11.3 Å². The normalized spacial score (nSPS) is 10.3. The van der Waals surface area contributed by atoms with E-state index in [2.05, 4.69) is 15.4 Å². The van der Waals surface area contributed by atoms with Crippen LogP contribution in [-0.4, -0.2) is 40.9 Å². The summed E-state index contributed by atoms with van der Waals surface area (Å²) >= 11 is 0. The summed E-state index contributed by atoms with van der Waals surface area (Å²) in [6, 6.07) is 14.8. The van der Waals surface area contributed by atoms with E-state index in [1.54, 1.807) is 36.3 Å². The first kappa shape index (κ1) is 17.5. The summed E-state index contributed by atoms with van der Waals surface area (Å²) in [4.78, 5) is 16.1. The van der Waals surface area contributed by atoms with Gasteiger partial charge in [-0.25, -0.2) is 9.67 Å². The zero-order valence-corrected chi connectivity index (χ0v) is 14.5. The first-order valence-corrected chi connectivity index (χ1v) is 8.21. The molecule has 0 spiro atoms. The second kappa shape index (κ2) is 8.66. The van der Waals surface area contributed by atoms with Gasteiger partial charge in [-0.15, -0.1) is 0 Å². The van der Waals surface area contributed by atoms with Crippen LogP contribution in [0.2, 0.25) is 0 Å². The molecule has 0 unspecified atom stereocenters. The van der Waals surface area contributed by atoms with Crippen LogP contribution < -0.4 is 14.8 Å². The summed E-state index contributed by atoms with van der Waals surface area (Å²) in [5, 5.41) is 6.90. The predicted octanol–water partition coefficient (Wildman–Crippen LogP) is 2.14. The Hall–Kier alpha value is -3.35. The van der Waals surface area contributed by atoms with Crippen molar-refractivity contribution < 1.29 is 14.3 Å². The van der Waals surface area contributed by atoms with Crippen molar-refractivity contribution >= 4 is 5.91 Å². The lowest BCUT2D eigenvalue weighted by atomic mass is 10.1. The van der Waals surface area contributed by atoms with Gasteiger partial charge >= 0.3 is 0 Å². The number of nitrogens with one attached hydrogen (secondary N) is 1. The first-order chi connectivity index (χ1) is 12.7. The number of benzene rings is 2. The lowest BCUT2D eigenvalue weighted by Gasteiger charge is -2.09. The van der Waals surface area contributed by atoms with Crippen molar-refractivity contribution in [2.24, 2.45) is 0 Å². The van der Waals surface area contributed by atoms with Crippen LogP contribution in [-0.2, 0) is 6.54 Å². The van der Waals surface area contributed by atoms with Crippen molar-refractivity contribution in [3.63, 3.8) is 0 Å². The van der Waals surface area contributed by atoms with Crippen LogP contribution in [0.1, 0.15) is 15.9 Å². The van der Waals surface area contributed by atoms with Crippen LogP contribution in [0.25, 0.3) is 0 Å². The van der Waals surface area contributed by atoms with Gasteiger partial charge in [0.2, 0.25) is 0 Å². The Bertz CT molecular complexity index is 832. The molecular formula is C19H20N4O3. The Balaban J connectivity index is 1.44. The molecule has 1 amide bonds. The maximum Gasteiger partial charge on any atom is 0.251 e. The van der Waals surface area contributed by atoms with Crippen LogP contribution in [0.15, 0.2) is 61.2 Å². The molecule has 0 saturated carbocycles. The number of methoxy groups -OCH3 is 1. The summed E-state index contributed by atoms with van der Waals surface area (Å²) in [6.07, 6.45) is 3.15. The fourth-order valence-electron chi connectivity index (χ4n) is 2.39. The highest BCUT2D eigenvalue weighted by molar-refractivity contribution is 5.94. The fraction of sp³-hybridized carbons (Fsp3) is 0.211. The van der Waals surface area contributed by atoms with Gasteiger partial charge in [0, 0.05) is 11.6 Å². The van der Waals surface area contributed by atoms with E-state index in [1.807, 2.05) is 30.3 Å². The molecule has 7 nitrogen and oxygen atoms in total. The minimum Gasteiger partial charge on any atom is -0.497 e. The number of amides is 1. The molecule has 0 fully saturated rings. The number of ether oxygens (including phenoxy) is 2. The molecule has 1 N–H and O–H groups in total. The van der Waals surface area contributed by atoms with E-state index in [4.69, 9.17) is 9.47 Å². The molecule has 0 saturated heterocycles. The summed E-state index contributed by atoms with van der Waals surface area (Å²) in [7, 11) is 1.61. The van der Waals surface area contributed by atoms with Gasteiger partial charge in [0.25, 0.3) is 5.91 Å². The molecule has 3 aromatic rings. The summed E-state index contributed by atoms with van der Waals surface area (Å²) in [5.74, 6) is 1.31. The van der Waals surface area contributed by atoms with Gasteiger partial charge in [0.15, 0.2) is 0 Å². The third kappa shape index (κ3) is 4.83. The van der Waals surface area contributed by atoms with E-state index >= 15 is 0 Å². The molecule has 134 valence electrons. The van der Waals surface area contributed by atoms with Gasteiger partial charge in [-0.1, -0.05) is 18.2 Å². The van der Waals surface area contributed by atoms with Gasteiger partial charge in [-0.05, 0) is 29.8 Å². The summed E-state index contributed by atoms with van der Waals surface area (Å²) in [5.41, 5.74) is 1.65. The van der Waals surface area contributed by atoms with Gasteiger partial charge in [0.05, 0.1) is 20.2 Å². The molecule has 0 radical (unpaired) electrons. The summed E-state index contributed by atoms with van der Waals surface area (Å²) in [6.45, 7) is 1.41. The lowest BCUT2D eigenvalue weighted by molar-refractivity contribution is 0.0947. The quantitative estimate of drug-likeness (QED) is 0.629. The first-order valence-electron chi connectivity index (χ1n) is 8.21. The molecular weight excluding hydrogens is 332 g/mol. The zero-order valence-electron chi connectivity index (χ0n) is 14.5. The molecule has 0 aliphatic rings. The van der Waals surface area contributed by atoms with Gasteiger partial charge in [-0.3, -0.25) is 4.79 Å². The van der Waals surface area contributed by atoms with E-state index in [0.29, 0.717) is 31.0 Å². The monoisotopic (exact) mass is 352 g/mol. The number of carbonyl (C=O) groups excluding carboxylic acids is 1. The molecule has 0 bridgehead atoms. The van der Waals surface area contributed by atoms with Crippen LogP contribution in [0.5, 0.6) is 11.5 Å². The number of nitrogens with zero attached hydrogens (tertiary/aromatic N) is 3. The number of hydrogen-bond donors (Lipinski definition) is 1. The minimum absolute atomic E-state index is 0.133. The highest BCUT2D eigenvalue weighted by Gasteiger charge is 2.05. The van der Waals surface area contributed by atoms with Crippen LogP contribution >= 0.6 is 0 Å². The maximum atomic E-state index is 12.2. The molecule has 0 aliphatic heterocycles. The van der Waals surface area contributed by atoms with Crippen LogP contribution in [0.3, 0.4) is 0 Å². The number of rotatable bonds is 8. The SMILES string of the molecule is COc1cccc(OCCNC(=O)c2ccc(Cn3cncn3)cc2)c1. The van der Waals surface area contributed by atoms with Gasteiger partial charge < -0.3 is 14.8 Å². The van der Waals surface area contributed by atoms with Crippen molar-refractivity contribution in [3.05, 3.63) is 72.3 Å². The standard InChI is InChI=1S/C19H20N4O3/c1-25-17-3-2-4-18(11-17)26-10-9-21-19(24)16-7-5-15(6-8-16)12-23-14-20-13-22-23/h2-8,11,13-14H,9-10,12H2,1H3,(H,21,24). The Morgan fingerprint density at radius 1 is 1.15 bits per heavy atom. The van der Waals surface area contributed by atoms with Crippen molar-refractivity contribution in [3.8, 4) is 11.5 Å². The fourth-order valence-corrected chi connectivity index (χ4v) is 2.39. The van der Waals surface area contributed by atoms with Gasteiger partial charge in [-0.2, -0.15) is 5.10 Å². The topological polar surface area (TPSA) is 78.3 Å². The second-order valence-electron chi connectivity index (χ2n) is 5.57. The Morgan fingerprint density at radius 2 is 1.96 bits per heavy atom. The zero-order chi connectivity index (χ0) is 18.2. The third-order valence-electron chi connectivity index (χ3n) is 3.72. The Kier molecular flexibility index (Phi) is 5.82. The van der Waals surface area contributed by atoms with Crippen LogP contribution in [0.4, 0.5) is 0 Å².